The van der Waals surface area contributed by atoms with E-state index in [-0.39, 0.29) is 5.41 Å². The Bertz CT molecular complexity index is 3080. The molecule has 1 aliphatic rings. The van der Waals surface area contributed by atoms with Crippen LogP contribution in [0, 0.1) is 0 Å². The minimum absolute atomic E-state index is 0.133. The molecule has 3 heteroatoms. The van der Waals surface area contributed by atoms with E-state index in [0.29, 0.717) is 0 Å². The molecule has 2 heterocycles. The Morgan fingerprint density at radius 3 is 1.75 bits per heavy atom. The van der Waals surface area contributed by atoms with Gasteiger partial charge in [0.25, 0.3) is 0 Å². The standard InChI is InChI=1S/C49H32N2S/c1-49(2)43-27-32(18-21-37(43)38-22-19-33(28-44(38)49)34-14-8-15-41-39-12-5-6-16-45(39)52-48(34)41)30-10-7-9-29(25-30)31-17-20-36-35-11-3-4-13-40(35)46-47(42(36)26-31)51-24-23-50-46/h3-28H,1-2H3. The number of rotatable bonds is 3. The van der Waals surface area contributed by atoms with Crippen molar-refractivity contribution in [2.75, 3.05) is 0 Å². The van der Waals surface area contributed by atoms with Crippen LogP contribution in [0.15, 0.2) is 158 Å². The molecule has 0 fully saturated rings. The highest BCUT2D eigenvalue weighted by Gasteiger charge is 2.36. The van der Waals surface area contributed by atoms with Gasteiger partial charge in [0, 0.05) is 48.8 Å². The van der Waals surface area contributed by atoms with E-state index in [4.69, 9.17) is 9.97 Å². The van der Waals surface area contributed by atoms with E-state index in [1.54, 1.807) is 12.4 Å². The third-order valence-corrected chi connectivity index (χ3v) is 12.6. The van der Waals surface area contributed by atoms with Crippen LogP contribution in [0.2, 0.25) is 0 Å². The number of fused-ring (bicyclic) bond motifs is 12. The highest BCUT2D eigenvalue weighted by Crippen LogP contribution is 2.51. The van der Waals surface area contributed by atoms with Gasteiger partial charge in [-0.2, -0.15) is 0 Å². The summed E-state index contributed by atoms with van der Waals surface area (Å²) in [7, 11) is 0. The van der Waals surface area contributed by atoms with Crippen LogP contribution in [-0.2, 0) is 5.41 Å². The minimum atomic E-state index is -0.133. The van der Waals surface area contributed by atoms with Crippen LogP contribution in [0.5, 0.6) is 0 Å². The summed E-state index contributed by atoms with van der Waals surface area (Å²) in [6, 6.07) is 53.9. The molecule has 0 unspecified atom stereocenters. The number of aromatic nitrogens is 2. The number of hydrogen-bond donors (Lipinski definition) is 0. The van der Waals surface area contributed by atoms with Gasteiger partial charge in [-0.25, -0.2) is 0 Å². The molecule has 52 heavy (non-hydrogen) atoms. The van der Waals surface area contributed by atoms with Gasteiger partial charge in [0.1, 0.15) is 0 Å². The number of nitrogens with zero attached hydrogens (tertiary/aromatic N) is 2. The van der Waals surface area contributed by atoms with Crippen molar-refractivity contribution in [2.24, 2.45) is 0 Å². The second kappa shape index (κ2) is 10.9. The van der Waals surface area contributed by atoms with Crippen molar-refractivity contribution in [1.82, 2.24) is 9.97 Å². The molecule has 10 aromatic rings. The summed E-state index contributed by atoms with van der Waals surface area (Å²) < 4.78 is 2.70. The van der Waals surface area contributed by atoms with Gasteiger partial charge in [-0.05, 0) is 96.7 Å². The molecule has 0 saturated heterocycles. The Kier molecular flexibility index (Phi) is 6.21. The maximum Gasteiger partial charge on any atom is 0.0971 e. The zero-order chi connectivity index (χ0) is 34.6. The quantitative estimate of drug-likeness (QED) is 0.174. The summed E-state index contributed by atoms with van der Waals surface area (Å²) in [6.45, 7) is 4.77. The summed E-state index contributed by atoms with van der Waals surface area (Å²) in [6.07, 6.45) is 3.58. The van der Waals surface area contributed by atoms with Crippen molar-refractivity contribution in [3.05, 3.63) is 169 Å². The summed E-state index contributed by atoms with van der Waals surface area (Å²) in [5, 5.41) is 7.35. The van der Waals surface area contributed by atoms with Gasteiger partial charge < -0.3 is 0 Å². The van der Waals surface area contributed by atoms with Gasteiger partial charge in [0.05, 0.1) is 11.0 Å². The first-order valence-corrected chi connectivity index (χ1v) is 18.7. The molecule has 0 radical (unpaired) electrons. The van der Waals surface area contributed by atoms with Crippen molar-refractivity contribution in [1.29, 1.82) is 0 Å². The average molecular weight is 681 g/mol. The predicted octanol–water partition coefficient (Wildman–Crippen LogP) is 13.6. The molecule has 244 valence electrons. The van der Waals surface area contributed by atoms with Crippen LogP contribution < -0.4 is 0 Å². The van der Waals surface area contributed by atoms with Crippen LogP contribution in [0.1, 0.15) is 25.0 Å². The molecule has 0 aliphatic heterocycles. The lowest BCUT2D eigenvalue weighted by Crippen LogP contribution is -2.15. The molecular formula is C49H32N2S. The van der Waals surface area contributed by atoms with Crippen LogP contribution in [0.4, 0.5) is 0 Å². The van der Waals surface area contributed by atoms with Gasteiger partial charge in [0.2, 0.25) is 0 Å². The Morgan fingerprint density at radius 2 is 0.962 bits per heavy atom. The molecule has 0 atom stereocenters. The molecule has 1 aliphatic carbocycles. The van der Waals surface area contributed by atoms with Gasteiger partial charge in [-0.3, -0.25) is 9.97 Å². The average Bonchev–Trinajstić information content (AvgIpc) is 3.69. The molecule has 0 bridgehead atoms. The van der Waals surface area contributed by atoms with Gasteiger partial charge in [0.15, 0.2) is 0 Å². The minimum Gasteiger partial charge on any atom is -0.252 e. The number of thiophene rings is 1. The van der Waals surface area contributed by atoms with E-state index in [1.165, 1.54) is 86.6 Å². The third-order valence-electron chi connectivity index (χ3n) is 11.4. The Morgan fingerprint density at radius 1 is 0.404 bits per heavy atom. The van der Waals surface area contributed by atoms with E-state index in [2.05, 4.69) is 159 Å². The molecule has 8 aromatic carbocycles. The van der Waals surface area contributed by atoms with Crippen molar-refractivity contribution < 1.29 is 0 Å². The highest BCUT2D eigenvalue weighted by molar-refractivity contribution is 7.26. The lowest BCUT2D eigenvalue weighted by Gasteiger charge is -2.23. The van der Waals surface area contributed by atoms with E-state index < -0.39 is 0 Å². The second-order valence-electron chi connectivity index (χ2n) is 14.6. The van der Waals surface area contributed by atoms with Crippen LogP contribution in [-0.4, -0.2) is 9.97 Å². The fourth-order valence-corrected chi connectivity index (χ4v) is 9.99. The Hall–Kier alpha value is -6.16. The molecule has 2 aromatic heterocycles. The summed E-state index contributed by atoms with van der Waals surface area (Å²) in [4.78, 5) is 9.56. The lowest BCUT2D eigenvalue weighted by atomic mass is 9.80. The van der Waals surface area contributed by atoms with Crippen LogP contribution in [0.25, 0.3) is 97.3 Å². The fourth-order valence-electron chi connectivity index (χ4n) is 8.75. The molecular weight excluding hydrogens is 649 g/mol. The van der Waals surface area contributed by atoms with Gasteiger partial charge >= 0.3 is 0 Å². The highest BCUT2D eigenvalue weighted by atomic mass is 32.1. The molecule has 0 N–H and O–H groups in total. The summed E-state index contributed by atoms with van der Waals surface area (Å²) in [5.74, 6) is 0. The fraction of sp³-hybridized carbons (Fsp3) is 0.0612. The van der Waals surface area contributed by atoms with Crippen molar-refractivity contribution in [3.8, 4) is 44.5 Å². The van der Waals surface area contributed by atoms with Crippen LogP contribution in [0.3, 0.4) is 0 Å². The van der Waals surface area contributed by atoms with Crippen molar-refractivity contribution >= 4 is 64.1 Å². The van der Waals surface area contributed by atoms with E-state index in [9.17, 15) is 0 Å². The zero-order valence-corrected chi connectivity index (χ0v) is 29.6. The van der Waals surface area contributed by atoms with Gasteiger partial charge in [-0.1, -0.05) is 129 Å². The van der Waals surface area contributed by atoms with E-state index in [1.807, 2.05) is 11.3 Å². The molecule has 0 spiro atoms. The topological polar surface area (TPSA) is 25.8 Å². The maximum atomic E-state index is 4.81. The maximum absolute atomic E-state index is 4.81. The molecule has 2 nitrogen and oxygen atoms in total. The lowest BCUT2D eigenvalue weighted by molar-refractivity contribution is 0.661. The first-order valence-electron chi connectivity index (χ1n) is 17.9. The largest absolute Gasteiger partial charge is 0.252 e. The molecule has 11 rings (SSSR count). The smallest absolute Gasteiger partial charge is 0.0971 e. The summed E-state index contributed by atoms with van der Waals surface area (Å²) in [5.41, 5.74) is 14.6. The summed E-state index contributed by atoms with van der Waals surface area (Å²) >= 11 is 1.90. The van der Waals surface area contributed by atoms with E-state index >= 15 is 0 Å². The van der Waals surface area contributed by atoms with Crippen molar-refractivity contribution in [2.45, 2.75) is 19.3 Å². The molecule has 0 saturated carbocycles. The SMILES string of the molecule is CC1(C)c2cc(-c3cccc(-c4ccc5c6ccccc6c6nccnc6c5c4)c3)ccc2-c2ccc(-c3cccc4c3sc3ccccc34)cc21. The monoisotopic (exact) mass is 680 g/mol. The Labute approximate surface area is 305 Å². The first kappa shape index (κ1) is 29.6. The Balaban J connectivity index is 0.986. The van der Waals surface area contributed by atoms with Gasteiger partial charge in [-0.15, -0.1) is 11.3 Å². The van der Waals surface area contributed by atoms with Crippen LogP contribution >= 0.6 is 11.3 Å². The third kappa shape index (κ3) is 4.23. The normalized spacial score (nSPS) is 13.3. The van der Waals surface area contributed by atoms with E-state index in [0.717, 1.165) is 21.8 Å². The predicted molar refractivity (Wildman–Crippen MR) is 221 cm³/mol. The zero-order valence-electron chi connectivity index (χ0n) is 28.8. The second-order valence-corrected chi connectivity index (χ2v) is 15.6. The first-order chi connectivity index (χ1) is 25.5. The molecule has 0 amide bonds. The van der Waals surface area contributed by atoms with Crippen molar-refractivity contribution in [3.63, 3.8) is 0 Å². The number of benzene rings is 8. The number of hydrogen-bond acceptors (Lipinski definition) is 3.